The number of alkyl halides is 1. The summed E-state index contributed by atoms with van der Waals surface area (Å²) in [6, 6.07) is 1.62. The van der Waals surface area contributed by atoms with Crippen LogP contribution in [0.3, 0.4) is 0 Å². The first kappa shape index (κ1) is 15.1. The molecule has 0 aliphatic carbocycles. The number of rotatable bonds is 3. The maximum Gasteiger partial charge on any atom is 0.254 e. The Morgan fingerprint density at radius 1 is 1.25 bits per heavy atom. The van der Waals surface area contributed by atoms with Gasteiger partial charge in [-0.3, -0.25) is 4.79 Å². The van der Waals surface area contributed by atoms with Crippen LogP contribution in [0.15, 0.2) is 12.1 Å². The lowest BCUT2D eigenvalue weighted by atomic mass is 9.91. The molecule has 2 rings (SSSR count). The van der Waals surface area contributed by atoms with Crippen LogP contribution in [0.1, 0.15) is 23.2 Å². The molecular formula is C13H13ClF3NO2. The molecule has 1 aromatic rings. The van der Waals surface area contributed by atoms with Crippen LogP contribution in [0.4, 0.5) is 13.2 Å². The van der Waals surface area contributed by atoms with Gasteiger partial charge in [0.1, 0.15) is 0 Å². The summed E-state index contributed by atoms with van der Waals surface area (Å²) in [7, 11) is 0. The van der Waals surface area contributed by atoms with Gasteiger partial charge in [0.2, 0.25) is 0 Å². The van der Waals surface area contributed by atoms with Crippen molar-refractivity contribution in [1.82, 2.24) is 5.32 Å². The van der Waals surface area contributed by atoms with Gasteiger partial charge in [-0.25, -0.2) is 13.2 Å². The molecule has 20 heavy (non-hydrogen) atoms. The Kier molecular flexibility index (Phi) is 4.55. The van der Waals surface area contributed by atoms with Crippen molar-refractivity contribution in [1.29, 1.82) is 0 Å². The highest BCUT2D eigenvalue weighted by atomic mass is 35.5. The van der Waals surface area contributed by atoms with E-state index in [2.05, 4.69) is 5.32 Å². The van der Waals surface area contributed by atoms with Crippen LogP contribution >= 0.6 is 11.6 Å². The Bertz CT molecular complexity index is 519. The van der Waals surface area contributed by atoms with Crippen LogP contribution in [-0.4, -0.2) is 30.5 Å². The third kappa shape index (κ3) is 2.91. The van der Waals surface area contributed by atoms with E-state index in [9.17, 15) is 18.0 Å². The first-order chi connectivity index (χ1) is 9.49. The van der Waals surface area contributed by atoms with Gasteiger partial charge in [0.05, 0.1) is 11.1 Å². The number of halogens is 4. The van der Waals surface area contributed by atoms with E-state index in [0.717, 1.165) is 6.07 Å². The van der Waals surface area contributed by atoms with E-state index in [4.69, 9.17) is 16.3 Å². The molecule has 0 atom stereocenters. The minimum Gasteiger partial charge on any atom is -0.381 e. The Labute approximate surface area is 119 Å². The van der Waals surface area contributed by atoms with Gasteiger partial charge in [-0.05, 0) is 25.0 Å². The largest absolute Gasteiger partial charge is 0.381 e. The van der Waals surface area contributed by atoms with Gasteiger partial charge < -0.3 is 10.1 Å². The van der Waals surface area contributed by atoms with Crippen molar-refractivity contribution in [2.75, 3.05) is 19.1 Å². The highest BCUT2D eigenvalue weighted by molar-refractivity contribution is 6.19. The molecule has 1 aliphatic rings. The fourth-order valence-electron chi connectivity index (χ4n) is 2.06. The second kappa shape index (κ2) is 6.01. The summed E-state index contributed by atoms with van der Waals surface area (Å²) in [6.45, 7) is 0.848. The van der Waals surface area contributed by atoms with Crippen LogP contribution in [-0.2, 0) is 4.74 Å². The van der Waals surface area contributed by atoms with Gasteiger partial charge in [-0.2, -0.15) is 0 Å². The Morgan fingerprint density at radius 2 is 1.90 bits per heavy atom. The second-order valence-electron chi connectivity index (χ2n) is 4.70. The number of carbonyl (C=O) groups excluding carboxylic acids is 1. The molecule has 0 spiro atoms. The summed E-state index contributed by atoms with van der Waals surface area (Å²) in [6.07, 6.45) is 0.959. The third-order valence-corrected chi connectivity index (χ3v) is 3.88. The van der Waals surface area contributed by atoms with Crippen molar-refractivity contribution in [3.05, 3.63) is 35.1 Å². The van der Waals surface area contributed by atoms with Crippen molar-refractivity contribution in [2.45, 2.75) is 18.4 Å². The van der Waals surface area contributed by atoms with E-state index in [1.165, 1.54) is 0 Å². The summed E-state index contributed by atoms with van der Waals surface area (Å²) in [5, 5.41) is 2.61. The zero-order valence-electron chi connectivity index (χ0n) is 10.5. The maximum atomic E-state index is 13.6. The molecule has 3 nitrogen and oxygen atoms in total. The van der Waals surface area contributed by atoms with Gasteiger partial charge in [-0.15, -0.1) is 11.6 Å². The van der Waals surface area contributed by atoms with Gasteiger partial charge in [0.15, 0.2) is 17.5 Å². The van der Waals surface area contributed by atoms with E-state index in [0.29, 0.717) is 32.1 Å². The molecule has 1 N–H and O–H groups in total. The van der Waals surface area contributed by atoms with Gasteiger partial charge in [0, 0.05) is 19.1 Å². The number of carbonyl (C=O) groups is 1. The molecule has 0 aromatic heterocycles. The quantitative estimate of drug-likeness (QED) is 0.688. The van der Waals surface area contributed by atoms with E-state index in [-0.39, 0.29) is 5.88 Å². The van der Waals surface area contributed by atoms with Crippen LogP contribution in [0.25, 0.3) is 0 Å². The molecule has 0 bridgehead atoms. The van der Waals surface area contributed by atoms with E-state index in [1.807, 2.05) is 0 Å². The molecule has 0 radical (unpaired) electrons. The molecule has 1 amide bonds. The fourth-order valence-corrected chi connectivity index (χ4v) is 2.40. The third-order valence-electron chi connectivity index (χ3n) is 3.36. The Hall–Kier alpha value is -1.27. The summed E-state index contributed by atoms with van der Waals surface area (Å²) >= 11 is 5.87. The molecule has 1 heterocycles. The lowest BCUT2D eigenvalue weighted by Crippen LogP contribution is -2.53. The predicted octanol–water partition coefficient (Wildman–Crippen LogP) is 2.62. The first-order valence-corrected chi connectivity index (χ1v) is 6.62. The number of hydrogen-bond acceptors (Lipinski definition) is 2. The maximum absolute atomic E-state index is 13.6. The highest BCUT2D eigenvalue weighted by Crippen LogP contribution is 2.24. The molecule has 1 saturated heterocycles. The van der Waals surface area contributed by atoms with Gasteiger partial charge in [-0.1, -0.05) is 0 Å². The zero-order chi connectivity index (χ0) is 14.8. The number of amides is 1. The smallest absolute Gasteiger partial charge is 0.254 e. The van der Waals surface area contributed by atoms with Crippen molar-refractivity contribution in [3.63, 3.8) is 0 Å². The van der Waals surface area contributed by atoms with E-state index >= 15 is 0 Å². The summed E-state index contributed by atoms with van der Waals surface area (Å²) in [4.78, 5) is 12.0. The van der Waals surface area contributed by atoms with Gasteiger partial charge >= 0.3 is 0 Å². The van der Waals surface area contributed by atoms with E-state index in [1.54, 1.807) is 0 Å². The highest BCUT2D eigenvalue weighted by Gasteiger charge is 2.34. The lowest BCUT2D eigenvalue weighted by molar-refractivity contribution is 0.0432. The molecule has 1 aliphatic heterocycles. The SMILES string of the molecule is O=C(NC1(CCl)CCOCC1)c1ccc(F)c(F)c1F. The summed E-state index contributed by atoms with van der Waals surface area (Å²) in [5.41, 5.74) is -1.26. The molecule has 110 valence electrons. The number of benzene rings is 1. The summed E-state index contributed by atoms with van der Waals surface area (Å²) < 4.78 is 44.7. The van der Waals surface area contributed by atoms with Crippen LogP contribution < -0.4 is 5.32 Å². The van der Waals surface area contributed by atoms with Crippen molar-refractivity contribution in [3.8, 4) is 0 Å². The minimum atomic E-state index is -1.66. The Balaban J connectivity index is 2.21. The molecule has 1 fully saturated rings. The monoisotopic (exact) mass is 307 g/mol. The predicted molar refractivity (Wildman–Crippen MR) is 67.3 cm³/mol. The lowest BCUT2D eigenvalue weighted by Gasteiger charge is -2.36. The molecule has 0 saturated carbocycles. The zero-order valence-corrected chi connectivity index (χ0v) is 11.3. The molecule has 1 aromatic carbocycles. The number of nitrogens with one attached hydrogen (secondary N) is 1. The average molecular weight is 308 g/mol. The summed E-state index contributed by atoms with van der Waals surface area (Å²) in [5.74, 6) is -5.18. The Morgan fingerprint density at radius 3 is 2.50 bits per heavy atom. The molecular weight excluding hydrogens is 295 g/mol. The van der Waals surface area contributed by atoms with Gasteiger partial charge in [0.25, 0.3) is 5.91 Å². The number of ether oxygens (including phenoxy) is 1. The average Bonchev–Trinajstić information content (AvgIpc) is 2.45. The molecule has 0 unspecified atom stereocenters. The number of hydrogen-bond donors (Lipinski definition) is 1. The topological polar surface area (TPSA) is 38.3 Å². The fraction of sp³-hybridized carbons (Fsp3) is 0.462. The van der Waals surface area contributed by atoms with Crippen LogP contribution in [0.2, 0.25) is 0 Å². The van der Waals surface area contributed by atoms with Crippen LogP contribution in [0, 0.1) is 17.5 Å². The van der Waals surface area contributed by atoms with Crippen molar-refractivity contribution >= 4 is 17.5 Å². The second-order valence-corrected chi connectivity index (χ2v) is 4.97. The molecule has 7 heteroatoms. The first-order valence-electron chi connectivity index (χ1n) is 6.09. The standard InChI is InChI=1S/C13H13ClF3NO2/c14-7-13(3-5-20-6-4-13)18-12(19)8-1-2-9(15)11(17)10(8)16/h1-2H,3-7H2,(H,18,19). The van der Waals surface area contributed by atoms with Crippen molar-refractivity contribution in [2.24, 2.45) is 0 Å². The minimum absolute atomic E-state index is 0.132. The normalized spacial score (nSPS) is 17.8. The van der Waals surface area contributed by atoms with Crippen LogP contribution in [0.5, 0.6) is 0 Å². The van der Waals surface area contributed by atoms with Crippen molar-refractivity contribution < 1.29 is 22.7 Å². The van der Waals surface area contributed by atoms with E-state index < -0.39 is 34.5 Å².